The van der Waals surface area contributed by atoms with Gasteiger partial charge in [0, 0.05) is 17.3 Å². The van der Waals surface area contributed by atoms with E-state index >= 15 is 0 Å². The van der Waals surface area contributed by atoms with Crippen molar-refractivity contribution >= 4 is 23.4 Å². The number of fused-ring (bicyclic) bond motifs is 1. The quantitative estimate of drug-likeness (QED) is 0.607. The Morgan fingerprint density at radius 3 is 2.57 bits per heavy atom. The molecule has 1 unspecified atom stereocenters. The molecular weight excluding hydrogens is 401 g/mol. The second-order valence-electron chi connectivity index (χ2n) is 6.44. The monoisotopic (exact) mass is 414 g/mol. The summed E-state index contributed by atoms with van der Waals surface area (Å²) in [6.45, 7) is 0. The van der Waals surface area contributed by atoms with Crippen molar-refractivity contribution in [3.63, 3.8) is 0 Å². The molecule has 1 amide bonds. The lowest BCUT2D eigenvalue weighted by Gasteiger charge is -2.24. The highest BCUT2D eigenvalue weighted by atomic mass is 19.1. The van der Waals surface area contributed by atoms with Crippen LogP contribution in [0.2, 0.25) is 0 Å². The number of amides is 1. The average molecular weight is 414 g/mol. The standard InChI is InChI=1S/C20H13F3N4O3/c21-10-2-1-3-12(6-10)25-19(28)14-9-24-27-17(8-16(20(29)30)26-18(14)27)13-5-4-11(22)7-15(13)23/h1-9,17,26H,(H,25,28)(H,29,30). The van der Waals surface area contributed by atoms with Crippen LogP contribution in [0.4, 0.5) is 24.7 Å². The third-order valence-electron chi connectivity index (χ3n) is 4.48. The van der Waals surface area contributed by atoms with Gasteiger partial charge in [0.1, 0.15) is 40.6 Å². The predicted octanol–water partition coefficient (Wildman–Crippen LogP) is 3.54. The van der Waals surface area contributed by atoms with Crippen LogP contribution in [0.3, 0.4) is 0 Å². The van der Waals surface area contributed by atoms with E-state index in [4.69, 9.17) is 0 Å². The SMILES string of the molecule is O=C(O)C1=CC(c2ccc(F)cc2F)n2ncc(C(=O)Nc3cccc(F)c3)c2N1. The zero-order valence-corrected chi connectivity index (χ0v) is 15.1. The van der Waals surface area contributed by atoms with E-state index in [2.05, 4.69) is 15.7 Å². The molecule has 4 rings (SSSR count). The number of hydrogen-bond donors (Lipinski definition) is 3. The van der Waals surface area contributed by atoms with Gasteiger partial charge in [-0.25, -0.2) is 22.6 Å². The lowest BCUT2D eigenvalue weighted by molar-refractivity contribution is -0.132. The first-order valence-corrected chi connectivity index (χ1v) is 8.65. The normalized spacial score (nSPS) is 15.0. The number of nitrogens with zero attached hydrogens (tertiary/aromatic N) is 2. The highest BCUT2D eigenvalue weighted by molar-refractivity contribution is 6.08. The van der Waals surface area contributed by atoms with Crippen LogP contribution in [0.5, 0.6) is 0 Å². The van der Waals surface area contributed by atoms with E-state index in [0.29, 0.717) is 6.07 Å². The maximum atomic E-state index is 14.4. The number of carboxylic acids is 1. The summed E-state index contributed by atoms with van der Waals surface area (Å²) in [5.74, 6) is -4.26. The molecule has 1 aliphatic heterocycles. The number of nitrogens with one attached hydrogen (secondary N) is 2. The number of carbonyl (C=O) groups excluding carboxylic acids is 1. The van der Waals surface area contributed by atoms with Crippen LogP contribution in [-0.4, -0.2) is 26.8 Å². The number of hydrogen-bond acceptors (Lipinski definition) is 4. The van der Waals surface area contributed by atoms with Gasteiger partial charge in [-0.05, 0) is 30.3 Å². The molecule has 2 heterocycles. The van der Waals surface area contributed by atoms with Gasteiger partial charge in [0.25, 0.3) is 5.91 Å². The van der Waals surface area contributed by atoms with E-state index in [1.807, 2.05) is 0 Å². The highest BCUT2D eigenvalue weighted by Gasteiger charge is 2.30. The zero-order chi connectivity index (χ0) is 21.4. The van der Waals surface area contributed by atoms with Gasteiger partial charge in [0.05, 0.1) is 6.20 Å². The molecule has 3 N–H and O–H groups in total. The van der Waals surface area contributed by atoms with Gasteiger partial charge in [-0.1, -0.05) is 12.1 Å². The van der Waals surface area contributed by atoms with Crippen LogP contribution >= 0.6 is 0 Å². The van der Waals surface area contributed by atoms with Gasteiger partial charge in [-0.2, -0.15) is 5.10 Å². The maximum Gasteiger partial charge on any atom is 0.352 e. The lowest BCUT2D eigenvalue weighted by Crippen LogP contribution is -2.26. The summed E-state index contributed by atoms with van der Waals surface area (Å²) in [4.78, 5) is 24.2. The van der Waals surface area contributed by atoms with Gasteiger partial charge in [0.15, 0.2) is 0 Å². The molecule has 2 aromatic carbocycles. The Hall–Kier alpha value is -4.08. The first-order chi connectivity index (χ1) is 14.3. The van der Waals surface area contributed by atoms with Crippen LogP contribution in [-0.2, 0) is 4.79 Å². The number of rotatable bonds is 4. The molecule has 0 bridgehead atoms. The minimum Gasteiger partial charge on any atom is -0.477 e. The van der Waals surface area contributed by atoms with E-state index < -0.39 is 35.4 Å². The Morgan fingerprint density at radius 1 is 1.10 bits per heavy atom. The van der Waals surface area contributed by atoms with Gasteiger partial charge in [-0.15, -0.1) is 0 Å². The summed E-state index contributed by atoms with van der Waals surface area (Å²) < 4.78 is 42.2. The molecule has 10 heteroatoms. The van der Waals surface area contributed by atoms with E-state index in [9.17, 15) is 27.9 Å². The molecule has 0 saturated carbocycles. The molecule has 0 spiro atoms. The molecule has 30 heavy (non-hydrogen) atoms. The Labute approximate surface area is 167 Å². The Balaban J connectivity index is 1.75. The maximum absolute atomic E-state index is 14.4. The van der Waals surface area contributed by atoms with Crippen molar-refractivity contribution in [1.29, 1.82) is 0 Å². The molecule has 152 valence electrons. The second-order valence-corrected chi connectivity index (χ2v) is 6.44. The van der Waals surface area contributed by atoms with E-state index in [-0.39, 0.29) is 28.3 Å². The molecule has 3 aromatic rings. The number of carbonyl (C=O) groups is 2. The first-order valence-electron chi connectivity index (χ1n) is 8.65. The van der Waals surface area contributed by atoms with E-state index in [1.165, 1.54) is 41.2 Å². The molecule has 0 saturated heterocycles. The van der Waals surface area contributed by atoms with Crippen molar-refractivity contribution < 1.29 is 27.9 Å². The van der Waals surface area contributed by atoms with Gasteiger partial charge in [0.2, 0.25) is 0 Å². The average Bonchev–Trinajstić information content (AvgIpc) is 3.11. The topological polar surface area (TPSA) is 96.2 Å². The molecule has 1 aromatic heterocycles. The van der Waals surface area contributed by atoms with Crippen molar-refractivity contribution in [3.05, 3.63) is 89.0 Å². The zero-order valence-electron chi connectivity index (χ0n) is 15.1. The number of carboxylic acid groups (broad SMARTS) is 1. The fraction of sp³-hybridized carbons (Fsp3) is 0.0500. The van der Waals surface area contributed by atoms with E-state index in [0.717, 1.165) is 12.1 Å². The van der Waals surface area contributed by atoms with Crippen LogP contribution in [0.15, 0.2) is 60.4 Å². The van der Waals surface area contributed by atoms with Crippen LogP contribution in [0.1, 0.15) is 22.0 Å². The summed E-state index contributed by atoms with van der Waals surface area (Å²) in [7, 11) is 0. The molecule has 7 nitrogen and oxygen atoms in total. The molecule has 0 radical (unpaired) electrons. The van der Waals surface area contributed by atoms with Crippen LogP contribution in [0.25, 0.3) is 0 Å². The van der Waals surface area contributed by atoms with Gasteiger partial charge < -0.3 is 15.7 Å². The number of benzene rings is 2. The summed E-state index contributed by atoms with van der Waals surface area (Å²) in [6, 6.07) is 7.06. The number of aromatic nitrogens is 2. The summed E-state index contributed by atoms with van der Waals surface area (Å²) >= 11 is 0. The Kier molecular flexibility index (Phi) is 4.74. The van der Waals surface area contributed by atoms with Crippen molar-refractivity contribution in [3.8, 4) is 0 Å². The number of anilines is 2. The van der Waals surface area contributed by atoms with E-state index in [1.54, 1.807) is 0 Å². The third kappa shape index (κ3) is 3.50. The van der Waals surface area contributed by atoms with Crippen LogP contribution in [0, 0.1) is 17.5 Å². The lowest BCUT2D eigenvalue weighted by atomic mass is 10.0. The largest absolute Gasteiger partial charge is 0.477 e. The fourth-order valence-electron chi connectivity index (χ4n) is 3.11. The van der Waals surface area contributed by atoms with Crippen molar-refractivity contribution in [1.82, 2.24) is 9.78 Å². The number of halogens is 3. The smallest absolute Gasteiger partial charge is 0.352 e. The van der Waals surface area contributed by atoms with Crippen molar-refractivity contribution in [2.24, 2.45) is 0 Å². The Morgan fingerprint density at radius 2 is 1.87 bits per heavy atom. The van der Waals surface area contributed by atoms with Crippen molar-refractivity contribution in [2.75, 3.05) is 10.6 Å². The fourth-order valence-corrected chi connectivity index (χ4v) is 3.11. The number of aliphatic carboxylic acids is 1. The molecule has 0 fully saturated rings. The predicted molar refractivity (Wildman–Crippen MR) is 100 cm³/mol. The second kappa shape index (κ2) is 7.39. The van der Waals surface area contributed by atoms with Gasteiger partial charge in [-0.3, -0.25) is 4.79 Å². The van der Waals surface area contributed by atoms with Crippen molar-refractivity contribution in [2.45, 2.75) is 6.04 Å². The molecule has 0 aliphatic carbocycles. The molecule has 1 atom stereocenters. The third-order valence-corrected chi connectivity index (χ3v) is 4.48. The minimum atomic E-state index is -1.34. The summed E-state index contributed by atoms with van der Waals surface area (Å²) in [6.07, 6.45) is 2.37. The van der Waals surface area contributed by atoms with Gasteiger partial charge >= 0.3 is 5.97 Å². The minimum absolute atomic E-state index is 0.00229. The highest BCUT2D eigenvalue weighted by Crippen LogP contribution is 2.33. The first kappa shape index (κ1) is 19.2. The van der Waals surface area contributed by atoms with Crippen LogP contribution < -0.4 is 10.6 Å². The Bertz CT molecular complexity index is 1210. The molecular formula is C20H13F3N4O3. The number of allylic oxidation sites excluding steroid dienone is 1. The summed E-state index contributed by atoms with van der Waals surface area (Å²) in [5.41, 5.74) is -0.195. The molecule has 1 aliphatic rings. The summed E-state index contributed by atoms with van der Waals surface area (Å²) in [5, 5.41) is 18.6.